The largest absolute Gasteiger partial charge is 0.469 e. The predicted molar refractivity (Wildman–Crippen MR) is 58.4 cm³/mol. The van der Waals surface area contributed by atoms with Gasteiger partial charge in [-0.15, -0.1) is 0 Å². The first-order valence-electron chi connectivity index (χ1n) is 4.71. The van der Waals surface area contributed by atoms with Crippen molar-refractivity contribution < 1.29 is 9.53 Å². The van der Waals surface area contributed by atoms with Crippen molar-refractivity contribution in [3.05, 3.63) is 42.9 Å². The van der Waals surface area contributed by atoms with Crippen molar-refractivity contribution >= 4 is 16.9 Å². The lowest BCUT2D eigenvalue weighted by molar-refractivity contribution is -0.141. The number of carbonyl (C=O) groups is 1. The van der Waals surface area contributed by atoms with Crippen LogP contribution in [0.3, 0.4) is 0 Å². The van der Waals surface area contributed by atoms with Gasteiger partial charge < -0.3 is 9.72 Å². The standard InChI is InChI=1S/C12H12NO2/c1-8(12(14)15-2)10-7-13-11-6-4-3-5-9(10)11/h3-8,13H,1H2,2H3/t8-/m0/s1. The lowest BCUT2D eigenvalue weighted by Crippen LogP contribution is -2.10. The van der Waals surface area contributed by atoms with Crippen molar-refractivity contribution in [2.24, 2.45) is 0 Å². The van der Waals surface area contributed by atoms with E-state index in [4.69, 9.17) is 0 Å². The van der Waals surface area contributed by atoms with E-state index in [1.807, 2.05) is 24.3 Å². The molecular formula is C12H12NO2. The highest BCUT2D eigenvalue weighted by atomic mass is 16.5. The van der Waals surface area contributed by atoms with Crippen LogP contribution in [0.15, 0.2) is 30.5 Å². The number of esters is 1. The third-order valence-corrected chi connectivity index (χ3v) is 2.48. The first kappa shape index (κ1) is 9.77. The zero-order valence-electron chi connectivity index (χ0n) is 8.49. The Morgan fingerprint density at radius 2 is 2.20 bits per heavy atom. The van der Waals surface area contributed by atoms with Gasteiger partial charge in [0.25, 0.3) is 0 Å². The van der Waals surface area contributed by atoms with Gasteiger partial charge in [0, 0.05) is 17.1 Å². The number of nitrogens with one attached hydrogen (secondary N) is 1. The number of rotatable bonds is 2. The van der Waals surface area contributed by atoms with Crippen molar-refractivity contribution in [3.63, 3.8) is 0 Å². The number of aromatic nitrogens is 1. The molecule has 0 aliphatic rings. The van der Waals surface area contributed by atoms with Crippen molar-refractivity contribution in [1.82, 2.24) is 4.98 Å². The molecule has 0 fully saturated rings. The zero-order chi connectivity index (χ0) is 10.8. The Hall–Kier alpha value is -1.77. The number of para-hydroxylation sites is 1. The lowest BCUT2D eigenvalue weighted by atomic mass is 10.0. The van der Waals surface area contributed by atoms with E-state index in [1.165, 1.54) is 7.11 Å². The Bertz CT molecular complexity index is 487. The predicted octanol–water partition coefficient (Wildman–Crippen LogP) is 2.26. The summed E-state index contributed by atoms with van der Waals surface area (Å²) in [6, 6.07) is 7.80. The molecule has 0 saturated carbocycles. The van der Waals surface area contributed by atoms with Gasteiger partial charge in [0.05, 0.1) is 13.0 Å². The lowest BCUT2D eigenvalue weighted by Gasteiger charge is -2.07. The second kappa shape index (κ2) is 3.77. The van der Waals surface area contributed by atoms with Crippen LogP contribution in [-0.4, -0.2) is 18.1 Å². The number of H-pyrrole nitrogens is 1. The molecule has 3 nitrogen and oxygen atoms in total. The van der Waals surface area contributed by atoms with Crippen LogP contribution in [0.4, 0.5) is 0 Å². The number of hydrogen-bond donors (Lipinski definition) is 1. The summed E-state index contributed by atoms with van der Waals surface area (Å²) in [5, 5.41) is 1.02. The molecule has 0 aliphatic heterocycles. The Morgan fingerprint density at radius 1 is 1.47 bits per heavy atom. The molecule has 1 aromatic heterocycles. The number of benzene rings is 1. The van der Waals surface area contributed by atoms with E-state index in [1.54, 1.807) is 6.20 Å². The van der Waals surface area contributed by atoms with Crippen LogP contribution in [-0.2, 0) is 9.53 Å². The van der Waals surface area contributed by atoms with Gasteiger partial charge in [-0.25, -0.2) is 0 Å². The third kappa shape index (κ3) is 1.61. The Kier molecular flexibility index (Phi) is 2.46. The van der Waals surface area contributed by atoms with E-state index in [-0.39, 0.29) is 5.97 Å². The van der Waals surface area contributed by atoms with E-state index >= 15 is 0 Å². The molecular weight excluding hydrogens is 190 g/mol. The molecule has 1 atom stereocenters. The maximum atomic E-state index is 11.4. The van der Waals surface area contributed by atoms with E-state index in [9.17, 15) is 4.79 Å². The summed E-state index contributed by atoms with van der Waals surface area (Å²) in [5.41, 5.74) is 1.88. The molecule has 0 unspecified atom stereocenters. The van der Waals surface area contributed by atoms with Crippen molar-refractivity contribution in [2.75, 3.05) is 7.11 Å². The highest BCUT2D eigenvalue weighted by Gasteiger charge is 2.18. The van der Waals surface area contributed by atoms with E-state index in [0.29, 0.717) is 0 Å². The minimum Gasteiger partial charge on any atom is -0.469 e. The van der Waals surface area contributed by atoms with Crippen molar-refractivity contribution in [1.29, 1.82) is 0 Å². The summed E-state index contributed by atoms with van der Waals surface area (Å²) in [6.07, 6.45) is 1.80. The number of methoxy groups -OCH3 is 1. The number of fused-ring (bicyclic) bond motifs is 1. The second-order valence-electron chi connectivity index (χ2n) is 3.37. The number of ether oxygens (including phenoxy) is 1. The maximum absolute atomic E-state index is 11.4. The Morgan fingerprint density at radius 3 is 2.93 bits per heavy atom. The monoisotopic (exact) mass is 202 g/mol. The minimum atomic E-state index is -0.480. The molecule has 2 rings (SSSR count). The van der Waals surface area contributed by atoms with Gasteiger partial charge in [-0.05, 0) is 18.6 Å². The number of aromatic amines is 1. The zero-order valence-corrected chi connectivity index (χ0v) is 8.49. The van der Waals surface area contributed by atoms with Gasteiger partial charge in [-0.2, -0.15) is 0 Å². The van der Waals surface area contributed by atoms with Crippen LogP contribution in [0, 0.1) is 6.92 Å². The molecule has 1 heterocycles. The SMILES string of the molecule is [CH2][C@H](C(=O)OC)c1c[nH]c2ccccc12. The first-order chi connectivity index (χ1) is 7.24. The summed E-state index contributed by atoms with van der Waals surface area (Å²) in [5.74, 6) is -0.800. The summed E-state index contributed by atoms with van der Waals surface area (Å²) in [6.45, 7) is 3.81. The molecule has 1 radical (unpaired) electrons. The van der Waals surface area contributed by atoms with Crippen molar-refractivity contribution in [3.8, 4) is 0 Å². The smallest absolute Gasteiger partial charge is 0.313 e. The van der Waals surface area contributed by atoms with Crippen LogP contribution in [0.1, 0.15) is 11.5 Å². The van der Waals surface area contributed by atoms with Crippen molar-refractivity contribution in [2.45, 2.75) is 5.92 Å². The molecule has 2 aromatic rings. The molecule has 0 saturated heterocycles. The molecule has 3 heteroatoms. The highest BCUT2D eigenvalue weighted by molar-refractivity contribution is 5.90. The summed E-state index contributed by atoms with van der Waals surface area (Å²) in [7, 11) is 1.37. The topological polar surface area (TPSA) is 42.1 Å². The van der Waals surface area contributed by atoms with E-state index in [0.717, 1.165) is 16.5 Å². The summed E-state index contributed by atoms with van der Waals surface area (Å²) in [4.78, 5) is 14.5. The van der Waals surface area contributed by atoms with Gasteiger partial charge in [0.15, 0.2) is 0 Å². The fourth-order valence-electron chi connectivity index (χ4n) is 1.65. The molecule has 77 valence electrons. The van der Waals surface area contributed by atoms with Gasteiger partial charge in [0.2, 0.25) is 0 Å². The Balaban J connectivity index is 2.48. The van der Waals surface area contributed by atoms with E-state index in [2.05, 4.69) is 16.6 Å². The van der Waals surface area contributed by atoms with Crippen LogP contribution < -0.4 is 0 Å². The molecule has 0 aliphatic carbocycles. The average molecular weight is 202 g/mol. The van der Waals surface area contributed by atoms with Crippen LogP contribution in [0.25, 0.3) is 10.9 Å². The quantitative estimate of drug-likeness (QED) is 0.759. The molecule has 15 heavy (non-hydrogen) atoms. The summed E-state index contributed by atoms with van der Waals surface area (Å²) >= 11 is 0. The van der Waals surface area contributed by atoms with Crippen LogP contribution >= 0.6 is 0 Å². The Labute approximate surface area is 88.1 Å². The molecule has 0 spiro atoms. The molecule has 0 bridgehead atoms. The van der Waals surface area contributed by atoms with Crippen LogP contribution in [0.2, 0.25) is 0 Å². The average Bonchev–Trinajstić information content (AvgIpc) is 2.70. The van der Waals surface area contributed by atoms with Crippen LogP contribution in [0.5, 0.6) is 0 Å². The fraction of sp³-hybridized carbons (Fsp3) is 0.167. The first-order valence-corrected chi connectivity index (χ1v) is 4.71. The van der Waals surface area contributed by atoms with E-state index < -0.39 is 5.92 Å². The van der Waals surface area contributed by atoms with Gasteiger partial charge in [-0.1, -0.05) is 18.2 Å². The highest BCUT2D eigenvalue weighted by Crippen LogP contribution is 2.25. The second-order valence-corrected chi connectivity index (χ2v) is 3.37. The normalized spacial score (nSPS) is 12.7. The third-order valence-electron chi connectivity index (χ3n) is 2.48. The van der Waals surface area contributed by atoms with Gasteiger partial charge >= 0.3 is 5.97 Å². The molecule has 1 aromatic carbocycles. The number of carbonyl (C=O) groups excluding carboxylic acids is 1. The van der Waals surface area contributed by atoms with Gasteiger partial charge in [-0.3, -0.25) is 4.79 Å². The molecule has 1 N–H and O–H groups in total. The molecule has 0 amide bonds. The fourth-order valence-corrected chi connectivity index (χ4v) is 1.65. The minimum absolute atomic E-state index is 0.320. The maximum Gasteiger partial charge on any atom is 0.313 e. The number of hydrogen-bond acceptors (Lipinski definition) is 2. The summed E-state index contributed by atoms with van der Waals surface area (Å²) < 4.78 is 4.67. The van der Waals surface area contributed by atoms with Gasteiger partial charge in [0.1, 0.15) is 0 Å².